The van der Waals surface area contributed by atoms with Crippen LogP contribution in [0.3, 0.4) is 0 Å². The Kier molecular flexibility index (Phi) is 2.84. The Morgan fingerprint density at radius 2 is 2.19 bits per heavy atom. The summed E-state index contributed by atoms with van der Waals surface area (Å²) in [6.07, 6.45) is 5.63. The highest BCUT2D eigenvalue weighted by Crippen LogP contribution is 2.17. The normalized spacial score (nSPS) is 17.2. The number of hydrogen-bond donors (Lipinski definition) is 0. The first-order valence-corrected chi connectivity index (χ1v) is 6.71. The number of hydrogen-bond acceptors (Lipinski definition) is 4. The van der Waals surface area contributed by atoms with E-state index in [4.69, 9.17) is 0 Å². The summed E-state index contributed by atoms with van der Waals surface area (Å²) in [5.41, 5.74) is 0. The Labute approximate surface area is 99.1 Å². The molecule has 0 bridgehead atoms. The summed E-state index contributed by atoms with van der Waals surface area (Å²) in [6.45, 7) is 3.61. The van der Waals surface area contributed by atoms with Crippen molar-refractivity contribution in [2.24, 2.45) is 0 Å². The third-order valence-corrected chi connectivity index (χ3v) is 3.93. The van der Waals surface area contributed by atoms with Crippen molar-refractivity contribution in [2.45, 2.75) is 19.3 Å². The lowest BCUT2D eigenvalue weighted by atomic mass is 10.3. The number of aromatic nitrogens is 2. The van der Waals surface area contributed by atoms with Gasteiger partial charge in [0.05, 0.1) is 0 Å². The van der Waals surface area contributed by atoms with Crippen LogP contribution in [0.15, 0.2) is 17.6 Å². The van der Waals surface area contributed by atoms with Gasteiger partial charge in [-0.2, -0.15) is 0 Å². The largest absolute Gasteiger partial charge is 0.303 e. The Balaban J connectivity index is 1.68. The molecule has 0 N–H and O–H groups in total. The van der Waals surface area contributed by atoms with Crippen LogP contribution in [-0.4, -0.2) is 34.5 Å². The highest BCUT2D eigenvalue weighted by atomic mass is 32.1. The number of likely N-dealkylation sites (tertiary alicyclic amines) is 1. The van der Waals surface area contributed by atoms with Gasteiger partial charge in [-0.3, -0.25) is 0 Å². The van der Waals surface area contributed by atoms with Gasteiger partial charge in [0.2, 0.25) is 0 Å². The van der Waals surface area contributed by atoms with Gasteiger partial charge in [0.25, 0.3) is 0 Å². The van der Waals surface area contributed by atoms with E-state index >= 15 is 0 Å². The van der Waals surface area contributed by atoms with E-state index in [2.05, 4.69) is 26.3 Å². The standard InChI is InChI=1S/C12H15N3S/c1-2-6-15(5-1)7-3-11-13-9-10-4-8-16-12(10)14-11/h4,8-9H,1-3,5-7H2. The molecular weight excluding hydrogens is 218 g/mol. The second kappa shape index (κ2) is 4.47. The van der Waals surface area contributed by atoms with Crippen molar-refractivity contribution in [3.63, 3.8) is 0 Å². The van der Waals surface area contributed by atoms with Crippen LogP contribution in [0.5, 0.6) is 0 Å². The minimum atomic E-state index is 0.980. The fourth-order valence-electron chi connectivity index (χ4n) is 2.18. The molecule has 3 heterocycles. The Bertz CT molecular complexity index is 474. The van der Waals surface area contributed by atoms with Crippen LogP contribution in [0.4, 0.5) is 0 Å². The lowest BCUT2D eigenvalue weighted by molar-refractivity contribution is 0.341. The van der Waals surface area contributed by atoms with E-state index in [0.29, 0.717) is 0 Å². The Morgan fingerprint density at radius 1 is 1.31 bits per heavy atom. The second-order valence-electron chi connectivity index (χ2n) is 4.27. The van der Waals surface area contributed by atoms with Crippen molar-refractivity contribution in [2.75, 3.05) is 19.6 Å². The van der Waals surface area contributed by atoms with Crippen molar-refractivity contribution < 1.29 is 0 Å². The summed E-state index contributed by atoms with van der Waals surface area (Å²) in [5.74, 6) is 0.988. The smallest absolute Gasteiger partial charge is 0.131 e. The summed E-state index contributed by atoms with van der Waals surface area (Å²) < 4.78 is 0. The molecule has 0 spiro atoms. The molecule has 4 heteroatoms. The molecule has 0 amide bonds. The van der Waals surface area contributed by atoms with Gasteiger partial charge < -0.3 is 4.90 Å². The average Bonchev–Trinajstić information content (AvgIpc) is 2.97. The molecule has 0 radical (unpaired) electrons. The molecule has 1 fully saturated rings. The highest BCUT2D eigenvalue weighted by Gasteiger charge is 2.11. The van der Waals surface area contributed by atoms with Crippen LogP contribution >= 0.6 is 11.3 Å². The van der Waals surface area contributed by atoms with Crippen molar-refractivity contribution in [3.05, 3.63) is 23.5 Å². The summed E-state index contributed by atoms with van der Waals surface area (Å²) in [6, 6.07) is 2.07. The van der Waals surface area contributed by atoms with E-state index in [1.54, 1.807) is 11.3 Å². The molecule has 0 aliphatic carbocycles. The van der Waals surface area contributed by atoms with Crippen molar-refractivity contribution in [1.29, 1.82) is 0 Å². The molecule has 1 aliphatic rings. The van der Waals surface area contributed by atoms with E-state index < -0.39 is 0 Å². The van der Waals surface area contributed by atoms with E-state index in [1.807, 2.05) is 6.20 Å². The monoisotopic (exact) mass is 233 g/mol. The molecule has 16 heavy (non-hydrogen) atoms. The molecule has 2 aromatic rings. The van der Waals surface area contributed by atoms with Gasteiger partial charge in [0.1, 0.15) is 10.7 Å². The molecule has 0 unspecified atom stereocenters. The summed E-state index contributed by atoms with van der Waals surface area (Å²) >= 11 is 1.69. The van der Waals surface area contributed by atoms with Crippen molar-refractivity contribution in [1.82, 2.24) is 14.9 Å². The summed E-state index contributed by atoms with van der Waals surface area (Å²) in [4.78, 5) is 12.6. The lowest BCUT2D eigenvalue weighted by Crippen LogP contribution is -2.22. The van der Waals surface area contributed by atoms with Gasteiger partial charge in [0.15, 0.2) is 0 Å². The number of rotatable bonds is 3. The topological polar surface area (TPSA) is 29.0 Å². The quantitative estimate of drug-likeness (QED) is 0.814. The zero-order valence-electron chi connectivity index (χ0n) is 9.22. The zero-order chi connectivity index (χ0) is 10.8. The third kappa shape index (κ3) is 2.08. The molecule has 84 valence electrons. The van der Waals surface area contributed by atoms with Gasteiger partial charge in [-0.05, 0) is 37.4 Å². The van der Waals surface area contributed by atoms with E-state index in [1.165, 1.54) is 25.9 Å². The molecular formula is C12H15N3S. The maximum absolute atomic E-state index is 4.58. The zero-order valence-corrected chi connectivity index (χ0v) is 10.0. The lowest BCUT2D eigenvalue weighted by Gasteiger charge is -2.13. The molecule has 2 aromatic heterocycles. The van der Waals surface area contributed by atoms with E-state index in [-0.39, 0.29) is 0 Å². The highest BCUT2D eigenvalue weighted by molar-refractivity contribution is 7.16. The fourth-order valence-corrected chi connectivity index (χ4v) is 2.93. The molecule has 0 atom stereocenters. The van der Waals surface area contributed by atoms with E-state index in [9.17, 15) is 0 Å². The third-order valence-electron chi connectivity index (χ3n) is 3.11. The van der Waals surface area contributed by atoms with Gasteiger partial charge >= 0.3 is 0 Å². The SMILES string of the molecule is c1cc2cnc(CCN3CCCC3)nc2s1. The molecule has 1 saturated heterocycles. The van der Waals surface area contributed by atoms with Crippen LogP contribution in [0.25, 0.3) is 10.2 Å². The fraction of sp³-hybridized carbons (Fsp3) is 0.500. The van der Waals surface area contributed by atoms with Gasteiger partial charge in [0, 0.05) is 24.5 Å². The molecule has 0 saturated carbocycles. The van der Waals surface area contributed by atoms with Gasteiger partial charge in [-0.25, -0.2) is 9.97 Å². The van der Waals surface area contributed by atoms with Crippen LogP contribution < -0.4 is 0 Å². The maximum Gasteiger partial charge on any atom is 0.131 e. The predicted octanol–water partition coefficient (Wildman–Crippen LogP) is 2.33. The Hall–Kier alpha value is -1.00. The minimum absolute atomic E-state index is 0.980. The molecule has 1 aliphatic heterocycles. The average molecular weight is 233 g/mol. The first kappa shape index (κ1) is 10.2. The van der Waals surface area contributed by atoms with Crippen LogP contribution in [0, 0.1) is 0 Å². The number of fused-ring (bicyclic) bond motifs is 1. The van der Waals surface area contributed by atoms with Crippen LogP contribution in [-0.2, 0) is 6.42 Å². The van der Waals surface area contributed by atoms with Gasteiger partial charge in [-0.1, -0.05) is 0 Å². The minimum Gasteiger partial charge on any atom is -0.303 e. The summed E-state index contributed by atoms with van der Waals surface area (Å²) in [5, 5.41) is 3.23. The Morgan fingerprint density at radius 3 is 3.06 bits per heavy atom. The first-order valence-electron chi connectivity index (χ1n) is 5.83. The first-order chi connectivity index (χ1) is 7.92. The number of nitrogens with zero attached hydrogens (tertiary/aromatic N) is 3. The second-order valence-corrected chi connectivity index (χ2v) is 5.16. The van der Waals surface area contributed by atoms with Gasteiger partial charge in [-0.15, -0.1) is 11.3 Å². The molecule has 0 aromatic carbocycles. The molecule has 3 nitrogen and oxygen atoms in total. The molecule has 3 rings (SSSR count). The predicted molar refractivity (Wildman–Crippen MR) is 66.8 cm³/mol. The van der Waals surface area contributed by atoms with Crippen molar-refractivity contribution >= 4 is 21.6 Å². The maximum atomic E-state index is 4.58. The van der Waals surface area contributed by atoms with Crippen LogP contribution in [0.1, 0.15) is 18.7 Å². The summed E-state index contributed by atoms with van der Waals surface area (Å²) in [7, 11) is 0. The van der Waals surface area contributed by atoms with E-state index in [0.717, 1.165) is 29.0 Å². The van der Waals surface area contributed by atoms with Crippen molar-refractivity contribution in [3.8, 4) is 0 Å². The number of thiophene rings is 1. The van der Waals surface area contributed by atoms with Crippen LogP contribution in [0.2, 0.25) is 0 Å².